The molecule has 0 atom stereocenters. The van der Waals surface area contributed by atoms with E-state index in [0.29, 0.717) is 12.2 Å². The molecular weight excluding hydrogens is 362 g/mol. The van der Waals surface area contributed by atoms with E-state index in [1.54, 1.807) is 6.20 Å². The van der Waals surface area contributed by atoms with Gasteiger partial charge in [0.2, 0.25) is 0 Å². The quantitative estimate of drug-likeness (QED) is 0.648. The first-order valence-corrected chi connectivity index (χ1v) is 9.95. The lowest BCUT2D eigenvalue weighted by Gasteiger charge is -2.34. The number of benzene rings is 2. The van der Waals surface area contributed by atoms with Crippen LogP contribution in [0.5, 0.6) is 5.75 Å². The number of hydrogen-bond acceptors (Lipinski definition) is 4. The second kappa shape index (κ2) is 9.34. The highest BCUT2D eigenvalue weighted by atomic mass is 16.5. The molecule has 1 aromatic heterocycles. The summed E-state index contributed by atoms with van der Waals surface area (Å²) in [5.41, 5.74) is 2.99. The van der Waals surface area contributed by atoms with Gasteiger partial charge in [-0.05, 0) is 35.4 Å². The molecule has 1 aliphatic heterocycles. The molecule has 0 aliphatic carbocycles. The Morgan fingerprint density at radius 1 is 0.897 bits per heavy atom. The van der Waals surface area contributed by atoms with E-state index < -0.39 is 0 Å². The van der Waals surface area contributed by atoms with E-state index in [-0.39, 0.29) is 5.91 Å². The van der Waals surface area contributed by atoms with E-state index >= 15 is 0 Å². The largest absolute Gasteiger partial charge is 0.489 e. The fraction of sp³-hybridized carbons (Fsp3) is 0.250. The molecule has 0 N–H and O–H groups in total. The SMILES string of the molecule is O=C(c1cccc(OCc2ccccc2)c1)N1CCN(Cc2cccnc2)CC1. The maximum Gasteiger partial charge on any atom is 0.254 e. The van der Waals surface area contributed by atoms with Crippen LogP contribution < -0.4 is 4.74 Å². The summed E-state index contributed by atoms with van der Waals surface area (Å²) in [7, 11) is 0. The van der Waals surface area contributed by atoms with Crippen LogP contribution in [-0.4, -0.2) is 46.9 Å². The van der Waals surface area contributed by atoms with Gasteiger partial charge in [-0.3, -0.25) is 14.7 Å². The minimum absolute atomic E-state index is 0.0659. The molecule has 3 aromatic rings. The fourth-order valence-corrected chi connectivity index (χ4v) is 3.50. The van der Waals surface area contributed by atoms with E-state index in [4.69, 9.17) is 4.74 Å². The number of aromatic nitrogens is 1. The van der Waals surface area contributed by atoms with E-state index in [0.717, 1.165) is 44.0 Å². The molecule has 2 aromatic carbocycles. The van der Waals surface area contributed by atoms with Crippen molar-refractivity contribution in [3.05, 3.63) is 95.8 Å². The molecule has 5 heteroatoms. The Labute approximate surface area is 171 Å². The predicted molar refractivity (Wildman–Crippen MR) is 113 cm³/mol. The average Bonchev–Trinajstić information content (AvgIpc) is 2.79. The first-order valence-electron chi connectivity index (χ1n) is 9.95. The number of carbonyl (C=O) groups is 1. The van der Waals surface area contributed by atoms with Crippen molar-refractivity contribution in [2.45, 2.75) is 13.2 Å². The molecule has 5 nitrogen and oxygen atoms in total. The molecule has 0 saturated carbocycles. The third kappa shape index (κ3) is 5.21. The van der Waals surface area contributed by atoms with Crippen LogP contribution in [0.3, 0.4) is 0 Å². The topological polar surface area (TPSA) is 45.7 Å². The highest BCUT2D eigenvalue weighted by molar-refractivity contribution is 5.94. The summed E-state index contributed by atoms with van der Waals surface area (Å²) >= 11 is 0. The highest BCUT2D eigenvalue weighted by Gasteiger charge is 2.22. The van der Waals surface area contributed by atoms with Gasteiger partial charge in [0.1, 0.15) is 12.4 Å². The lowest BCUT2D eigenvalue weighted by molar-refractivity contribution is 0.0628. The lowest BCUT2D eigenvalue weighted by atomic mass is 10.1. The van der Waals surface area contributed by atoms with Gasteiger partial charge in [0.15, 0.2) is 0 Å². The molecule has 0 radical (unpaired) electrons. The van der Waals surface area contributed by atoms with Crippen molar-refractivity contribution in [1.82, 2.24) is 14.8 Å². The molecule has 1 amide bonds. The molecule has 1 fully saturated rings. The number of piperazine rings is 1. The molecule has 0 unspecified atom stereocenters. The standard InChI is InChI=1S/C24H25N3O2/c28-24(27-14-12-26(13-15-27)18-21-8-5-11-25-17-21)22-9-4-10-23(16-22)29-19-20-6-2-1-3-7-20/h1-11,16-17H,12-15,18-19H2. The number of hydrogen-bond donors (Lipinski definition) is 0. The van der Waals surface area contributed by atoms with Gasteiger partial charge in [0, 0.05) is 50.7 Å². The van der Waals surface area contributed by atoms with Crippen molar-refractivity contribution in [1.29, 1.82) is 0 Å². The van der Waals surface area contributed by atoms with Gasteiger partial charge < -0.3 is 9.64 Å². The number of nitrogens with zero attached hydrogens (tertiary/aromatic N) is 3. The Hall–Kier alpha value is -3.18. The average molecular weight is 387 g/mol. The maximum absolute atomic E-state index is 12.9. The number of rotatable bonds is 6. The lowest BCUT2D eigenvalue weighted by Crippen LogP contribution is -2.48. The Bertz CT molecular complexity index is 923. The van der Waals surface area contributed by atoms with Crippen molar-refractivity contribution >= 4 is 5.91 Å². The minimum Gasteiger partial charge on any atom is -0.489 e. The van der Waals surface area contributed by atoms with E-state index in [1.165, 1.54) is 5.56 Å². The number of carbonyl (C=O) groups excluding carboxylic acids is 1. The Balaban J connectivity index is 1.31. The Morgan fingerprint density at radius 3 is 2.45 bits per heavy atom. The third-order valence-corrected chi connectivity index (χ3v) is 5.12. The maximum atomic E-state index is 12.9. The van der Waals surface area contributed by atoms with Gasteiger partial charge in [0.25, 0.3) is 5.91 Å². The minimum atomic E-state index is 0.0659. The summed E-state index contributed by atoms with van der Waals surface area (Å²) in [6.07, 6.45) is 3.69. The van der Waals surface area contributed by atoms with Gasteiger partial charge in [-0.25, -0.2) is 0 Å². The number of amides is 1. The van der Waals surface area contributed by atoms with E-state index in [2.05, 4.69) is 16.0 Å². The molecule has 2 heterocycles. The van der Waals surface area contributed by atoms with Gasteiger partial charge in [-0.2, -0.15) is 0 Å². The first-order chi connectivity index (χ1) is 14.3. The molecule has 1 aliphatic rings. The smallest absolute Gasteiger partial charge is 0.254 e. The van der Waals surface area contributed by atoms with Crippen molar-refractivity contribution in [2.75, 3.05) is 26.2 Å². The Morgan fingerprint density at radius 2 is 1.69 bits per heavy atom. The molecule has 1 saturated heterocycles. The normalized spacial score (nSPS) is 14.6. The van der Waals surface area contributed by atoms with Crippen LogP contribution in [0, 0.1) is 0 Å². The predicted octanol–water partition coefficient (Wildman–Crippen LogP) is 3.62. The first kappa shape index (κ1) is 19.2. The summed E-state index contributed by atoms with van der Waals surface area (Å²) in [6, 6.07) is 21.6. The Kier molecular flexibility index (Phi) is 6.17. The van der Waals surface area contributed by atoms with E-state index in [1.807, 2.05) is 71.8 Å². The van der Waals surface area contributed by atoms with E-state index in [9.17, 15) is 4.79 Å². The molecule has 29 heavy (non-hydrogen) atoms. The molecular formula is C24H25N3O2. The van der Waals surface area contributed by atoms with Crippen molar-refractivity contribution in [3.63, 3.8) is 0 Å². The van der Waals surface area contributed by atoms with Gasteiger partial charge >= 0.3 is 0 Å². The summed E-state index contributed by atoms with van der Waals surface area (Å²) in [5, 5.41) is 0. The van der Waals surface area contributed by atoms with Crippen molar-refractivity contribution in [3.8, 4) is 5.75 Å². The zero-order valence-corrected chi connectivity index (χ0v) is 16.4. The second-order valence-corrected chi connectivity index (χ2v) is 7.23. The van der Waals surface area contributed by atoms with Crippen LogP contribution in [0.2, 0.25) is 0 Å². The molecule has 4 rings (SSSR count). The van der Waals surface area contributed by atoms with Gasteiger partial charge in [-0.15, -0.1) is 0 Å². The monoisotopic (exact) mass is 387 g/mol. The zero-order valence-electron chi connectivity index (χ0n) is 16.4. The van der Waals surface area contributed by atoms with Crippen LogP contribution in [0.1, 0.15) is 21.5 Å². The molecule has 0 bridgehead atoms. The van der Waals surface area contributed by atoms with Crippen LogP contribution in [0.25, 0.3) is 0 Å². The summed E-state index contributed by atoms with van der Waals surface area (Å²) < 4.78 is 5.87. The second-order valence-electron chi connectivity index (χ2n) is 7.23. The third-order valence-electron chi connectivity index (χ3n) is 5.12. The fourth-order valence-electron chi connectivity index (χ4n) is 3.50. The van der Waals surface area contributed by atoms with Crippen LogP contribution in [-0.2, 0) is 13.2 Å². The van der Waals surface area contributed by atoms with Crippen molar-refractivity contribution < 1.29 is 9.53 Å². The van der Waals surface area contributed by atoms with Crippen LogP contribution >= 0.6 is 0 Å². The number of pyridine rings is 1. The van der Waals surface area contributed by atoms with Crippen molar-refractivity contribution in [2.24, 2.45) is 0 Å². The highest BCUT2D eigenvalue weighted by Crippen LogP contribution is 2.18. The van der Waals surface area contributed by atoms with Gasteiger partial charge in [0.05, 0.1) is 0 Å². The van der Waals surface area contributed by atoms with Crippen LogP contribution in [0.15, 0.2) is 79.1 Å². The number of ether oxygens (including phenoxy) is 1. The van der Waals surface area contributed by atoms with Gasteiger partial charge in [-0.1, -0.05) is 42.5 Å². The summed E-state index contributed by atoms with van der Waals surface area (Å²) in [5.74, 6) is 0.783. The zero-order chi connectivity index (χ0) is 19.9. The molecule has 0 spiro atoms. The summed E-state index contributed by atoms with van der Waals surface area (Å²) in [6.45, 7) is 4.56. The van der Waals surface area contributed by atoms with Crippen LogP contribution in [0.4, 0.5) is 0 Å². The summed E-state index contributed by atoms with van der Waals surface area (Å²) in [4.78, 5) is 21.4. The molecule has 148 valence electrons.